The van der Waals surface area contributed by atoms with Crippen LogP contribution in [0.25, 0.3) is 0 Å². The van der Waals surface area contributed by atoms with Crippen LogP contribution in [-0.4, -0.2) is 56.2 Å². The van der Waals surface area contributed by atoms with Gasteiger partial charge in [-0.05, 0) is 43.8 Å². The Kier molecular flexibility index (Phi) is 15.5. The monoisotopic (exact) mass is 379 g/mol. The zero-order valence-corrected chi connectivity index (χ0v) is 17.1. The third kappa shape index (κ3) is 13.5. The Labute approximate surface area is 162 Å². The third-order valence-electron chi connectivity index (χ3n) is 3.72. The average molecular weight is 380 g/mol. The van der Waals surface area contributed by atoms with Gasteiger partial charge < -0.3 is 15.5 Å². The number of nitrogens with one attached hydrogen (secondary N) is 2. The van der Waals surface area contributed by atoms with Crippen LogP contribution in [0.2, 0.25) is 0 Å². The minimum absolute atomic E-state index is 0.0951. The third-order valence-corrected chi connectivity index (χ3v) is 4.55. The van der Waals surface area contributed by atoms with E-state index >= 15 is 0 Å². The Morgan fingerprint density at radius 2 is 2.08 bits per heavy atom. The highest BCUT2D eigenvalue weighted by atomic mass is 32.2. The second-order valence-corrected chi connectivity index (χ2v) is 6.70. The van der Waals surface area contributed by atoms with E-state index in [9.17, 15) is 9.59 Å². The van der Waals surface area contributed by atoms with E-state index in [1.807, 2.05) is 11.5 Å². The van der Waals surface area contributed by atoms with Crippen molar-refractivity contribution in [1.29, 1.82) is 0 Å². The first-order chi connectivity index (χ1) is 12.6. The van der Waals surface area contributed by atoms with Gasteiger partial charge in [-0.15, -0.1) is 11.8 Å². The van der Waals surface area contributed by atoms with Gasteiger partial charge in [-0.2, -0.15) is 0 Å². The number of hydrogen-bond donors (Lipinski definition) is 2. The van der Waals surface area contributed by atoms with Crippen LogP contribution in [0.5, 0.6) is 0 Å². The lowest BCUT2D eigenvalue weighted by atomic mass is 10.1. The van der Waals surface area contributed by atoms with Crippen LogP contribution in [0, 0.1) is 0 Å². The van der Waals surface area contributed by atoms with Crippen molar-refractivity contribution < 1.29 is 9.59 Å². The molecule has 0 aliphatic carbocycles. The molecule has 146 valence electrons. The highest BCUT2D eigenvalue weighted by Gasteiger charge is 2.02. The summed E-state index contributed by atoms with van der Waals surface area (Å²) in [6, 6.07) is 0. The SMILES string of the molecule is C=C/C=C(\C=C(/C)CCCN(CC)CCNC=O)CS/C=C/C(=O)NC. The van der Waals surface area contributed by atoms with Crippen molar-refractivity contribution in [2.45, 2.75) is 26.7 Å². The molecule has 0 aromatic rings. The average Bonchev–Trinajstić information content (AvgIpc) is 2.63. The topological polar surface area (TPSA) is 61.4 Å². The highest BCUT2D eigenvalue weighted by Crippen LogP contribution is 2.15. The summed E-state index contributed by atoms with van der Waals surface area (Å²) in [5, 5.41) is 7.07. The van der Waals surface area contributed by atoms with Gasteiger partial charge in [0.1, 0.15) is 0 Å². The van der Waals surface area contributed by atoms with E-state index in [0.717, 1.165) is 44.6 Å². The largest absolute Gasteiger partial charge is 0.357 e. The molecule has 0 saturated carbocycles. The molecule has 0 unspecified atom stereocenters. The Morgan fingerprint density at radius 1 is 1.31 bits per heavy atom. The van der Waals surface area contributed by atoms with Crippen LogP contribution < -0.4 is 10.6 Å². The first-order valence-corrected chi connectivity index (χ1v) is 10.00. The van der Waals surface area contributed by atoms with Gasteiger partial charge in [0.25, 0.3) is 0 Å². The van der Waals surface area contributed by atoms with Gasteiger partial charge in [-0.25, -0.2) is 0 Å². The Balaban J connectivity index is 4.37. The summed E-state index contributed by atoms with van der Waals surface area (Å²) in [5.41, 5.74) is 2.52. The highest BCUT2D eigenvalue weighted by molar-refractivity contribution is 8.02. The molecule has 0 aliphatic rings. The van der Waals surface area contributed by atoms with Crippen LogP contribution in [-0.2, 0) is 9.59 Å². The molecule has 0 spiro atoms. The molecule has 0 aromatic carbocycles. The Hall–Kier alpha value is -1.79. The van der Waals surface area contributed by atoms with Crippen LogP contribution in [0.4, 0.5) is 0 Å². The van der Waals surface area contributed by atoms with Gasteiger partial charge in [-0.3, -0.25) is 9.59 Å². The Bertz CT molecular complexity index is 513. The van der Waals surface area contributed by atoms with E-state index in [0.29, 0.717) is 6.54 Å². The number of carbonyl (C=O) groups excluding carboxylic acids is 2. The van der Waals surface area contributed by atoms with E-state index in [1.54, 1.807) is 24.9 Å². The van der Waals surface area contributed by atoms with Crippen molar-refractivity contribution in [3.8, 4) is 0 Å². The number of likely N-dealkylation sites (N-methyl/N-ethyl adjacent to an activating group) is 2. The lowest BCUT2D eigenvalue weighted by molar-refractivity contribution is -0.116. The number of thioether (sulfide) groups is 1. The lowest BCUT2D eigenvalue weighted by Gasteiger charge is -2.20. The van der Waals surface area contributed by atoms with E-state index in [-0.39, 0.29) is 5.91 Å². The number of nitrogens with zero attached hydrogens (tertiary/aromatic N) is 1. The predicted octanol–water partition coefficient (Wildman–Crippen LogP) is 2.89. The van der Waals surface area contributed by atoms with Gasteiger partial charge in [0.2, 0.25) is 12.3 Å². The molecule has 0 aliphatic heterocycles. The molecule has 0 radical (unpaired) electrons. The Morgan fingerprint density at radius 3 is 2.69 bits per heavy atom. The molecule has 0 bridgehead atoms. The summed E-state index contributed by atoms with van der Waals surface area (Å²) in [7, 11) is 1.62. The predicted molar refractivity (Wildman–Crippen MR) is 113 cm³/mol. The standard InChI is InChI=1S/C20H33N3O2S/c1-5-8-19(16-26-14-10-20(25)21-4)15-18(3)9-7-12-23(6-2)13-11-22-17-24/h5,8,10,14-15,17H,1,6-7,9,11-13,16H2,2-4H3,(H,21,25)(H,22,24)/b14-10+,18-15+,19-8+. The van der Waals surface area contributed by atoms with E-state index in [1.165, 1.54) is 17.2 Å². The van der Waals surface area contributed by atoms with Crippen molar-refractivity contribution >= 4 is 24.1 Å². The fourth-order valence-electron chi connectivity index (χ4n) is 2.31. The maximum Gasteiger partial charge on any atom is 0.244 e. The van der Waals surface area contributed by atoms with Crippen molar-refractivity contribution in [1.82, 2.24) is 15.5 Å². The molecule has 0 aromatic heterocycles. The molecule has 2 N–H and O–H groups in total. The zero-order valence-electron chi connectivity index (χ0n) is 16.3. The van der Waals surface area contributed by atoms with Gasteiger partial charge in [-0.1, -0.05) is 37.3 Å². The number of amides is 2. The number of rotatable bonds is 15. The fourth-order valence-corrected chi connectivity index (χ4v) is 2.99. The smallest absolute Gasteiger partial charge is 0.244 e. The molecule has 26 heavy (non-hydrogen) atoms. The van der Waals surface area contributed by atoms with Crippen molar-refractivity contribution in [3.05, 3.63) is 47.4 Å². The molecule has 0 heterocycles. The maximum absolute atomic E-state index is 11.2. The minimum atomic E-state index is -0.0951. The van der Waals surface area contributed by atoms with Gasteiger partial charge >= 0.3 is 0 Å². The zero-order chi connectivity index (χ0) is 19.6. The molecular weight excluding hydrogens is 346 g/mol. The molecule has 0 fully saturated rings. The molecule has 0 saturated heterocycles. The number of carbonyl (C=O) groups is 2. The second kappa shape index (κ2) is 16.7. The molecule has 0 rings (SSSR count). The quantitative estimate of drug-likeness (QED) is 0.199. The summed E-state index contributed by atoms with van der Waals surface area (Å²) >= 11 is 1.58. The molecule has 0 atom stereocenters. The van der Waals surface area contributed by atoms with Gasteiger partial charge in [0.15, 0.2) is 0 Å². The molecular formula is C20H33N3O2S. The first kappa shape index (κ1) is 24.2. The minimum Gasteiger partial charge on any atom is -0.357 e. The van der Waals surface area contributed by atoms with Crippen molar-refractivity contribution in [2.75, 3.05) is 39.0 Å². The van der Waals surface area contributed by atoms with Gasteiger partial charge in [0, 0.05) is 32.0 Å². The summed E-state index contributed by atoms with van der Waals surface area (Å²) < 4.78 is 0. The van der Waals surface area contributed by atoms with Gasteiger partial charge in [0.05, 0.1) is 0 Å². The van der Waals surface area contributed by atoms with Crippen LogP contribution >= 0.6 is 11.8 Å². The molecule has 2 amide bonds. The maximum atomic E-state index is 11.2. The van der Waals surface area contributed by atoms with Crippen LogP contribution in [0.15, 0.2) is 47.4 Å². The van der Waals surface area contributed by atoms with E-state index in [2.05, 4.69) is 42.0 Å². The number of hydrogen-bond acceptors (Lipinski definition) is 4. The van der Waals surface area contributed by atoms with Crippen molar-refractivity contribution in [2.24, 2.45) is 0 Å². The lowest BCUT2D eigenvalue weighted by Crippen LogP contribution is -2.32. The van der Waals surface area contributed by atoms with E-state index in [4.69, 9.17) is 0 Å². The number of allylic oxidation sites excluding steroid dienone is 4. The van der Waals surface area contributed by atoms with Crippen LogP contribution in [0.1, 0.15) is 26.7 Å². The summed E-state index contributed by atoms with van der Waals surface area (Å²) in [6.45, 7) is 11.6. The summed E-state index contributed by atoms with van der Waals surface area (Å²) in [4.78, 5) is 23.8. The van der Waals surface area contributed by atoms with E-state index < -0.39 is 0 Å². The van der Waals surface area contributed by atoms with Crippen LogP contribution in [0.3, 0.4) is 0 Å². The normalized spacial score (nSPS) is 12.5. The summed E-state index contributed by atoms with van der Waals surface area (Å²) in [5.74, 6) is 0.706. The second-order valence-electron chi connectivity index (χ2n) is 5.81. The first-order valence-electron chi connectivity index (χ1n) is 8.95. The van der Waals surface area contributed by atoms with Crippen molar-refractivity contribution in [3.63, 3.8) is 0 Å². The molecule has 5 nitrogen and oxygen atoms in total. The summed E-state index contributed by atoms with van der Waals surface area (Å²) in [6.07, 6.45) is 10.4. The fraction of sp³-hybridized carbons (Fsp3) is 0.500. The molecule has 6 heteroatoms.